The largest absolute Gasteiger partial charge is 0.457 e. The summed E-state index contributed by atoms with van der Waals surface area (Å²) in [7, 11) is 0. The van der Waals surface area contributed by atoms with Crippen LogP contribution in [0.5, 0.6) is 0 Å². The van der Waals surface area contributed by atoms with Crippen molar-refractivity contribution in [3.8, 4) is 0 Å². The molecule has 0 saturated carbocycles. The second kappa shape index (κ2) is 2.64. The van der Waals surface area contributed by atoms with Gasteiger partial charge < -0.3 is 4.74 Å². The third-order valence-corrected chi connectivity index (χ3v) is 2.28. The summed E-state index contributed by atoms with van der Waals surface area (Å²) in [5.74, 6) is -0.352. The van der Waals surface area contributed by atoms with Gasteiger partial charge >= 0.3 is 5.97 Å². The minimum Gasteiger partial charge on any atom is -0.457 e. The lowest BCUT2D eigenvalue weighted by Crippen LogP contribution is -1.93. The van der Waals surface area contributed by atoms with Crippen LogP contribution in [0.1, 0.15) is 15.9 Å². The van der Waals surface area contributed by atoms with Crippen molar-refractivity contribution in [2.24, 2.45) is 0 Å². The zero-order chi connectivity index (χ0) is 8.72. The number of cyclic esters (lactones) is 1. The Balaban J connectivity index is 2.68. The van der Waals surface area contributed by atoms with Gasteiger partial charge in [0.2, 0.25) is 0 Å². The summed E-state index contributed by atoms with van der Waals surface area (Å²) < 4.78 is 4.78. The molecule has 0 aromatic heterocycles. The molecule has 0 N–H and O–H groups in total. The van der Waals surface area contributed by atoms with Crippen molar-refractivity contribution in [3.63, 3.8) is 0 Å². The van der Waals surface area contributed by atoms with E-state index in [1.165, 1.54) is 0 Å². The van der Waals surface area contributed by atoms with E-state index in [4.69, 9.17) is 27.9 Å². The van der Waals surface area contributed by atoms with Crippen LogP contribution in [0.25, 0.3) is 0 Å². The van der Waals surface area contributed by atoms with Crippen LogP contribution in [0.4, 0.5) is 0 Å². The Morgan fingerprint density at radius 3 is 2.83 bits per heavy atom. The van der Waals surface area contributed by atoms with E-state index < -0.39 is 0 Å². The molecule has 0 amide bonds. The molecule has 0 saturated heterocycles. The van der Waals surface area contributed by atoms with E-state index in [-0.39, 0.29) is 12.6 Å². The van der Waals surface area contributed by atoms with Crippen molar-refractivity contribution < 1.29 is 9.53 Å². The van der Waals surface area contributed by atoms with Crippen molar-refractivity contribution in [3.05, 3.63) is 33.3 Å². The lowest BCUT2D eigenvalue weighted by atomic mass is 10.1. The Morgan fingerprint density at radius 1 is 1.33 bits per heavy atom. The quantitative estimate of drug-likeness (QED) is 0.606. The predicted octanol–water partition coefficient (Wildman–Crippen LogP) is 2.66. The first-order valence-corrected chi connectivity index (χ1v) is 4.09. The molecule has 0 aliphatic carbocycles. The van der Waals surface area contributed by atoms with Gasteiger partial charge in [-0.15, -0.1) is 0 Å². The molecule has 2 rings (SSSR count). The Bertz CT molecular complexity index is 360. The second-order valence-corrected chi connectivity index (χ2v) is 3.33. The standard InChI is InChI=1S/C8H4Cl2O2/c9-4-1-5-6(7(10)2-4)3-12-8(5)11/h1-2H,3H2. The van der Waals surface area contributed by atoms with Crippen LogP contribution in [0.2, 0.25) is 10.0 Å². The van der Waals surface area contributed by atoms with E-state index in [0.717, 1.165) is 5.56 Å². The molecule has 1 aliphatic rings. The number of carbonyl (C=O) groups excluding carboxylic acids is 1. The smallest absolute Gasteiger partial charge is 0.338 e. The van der Waals surface area contributed by atoms with Crippen LogP contribution in [-0.4, -0.2) is 5.97 Å². The maximum absolute atomic E-state index is 11.0. The average Bonchev–Trinajstić information content (AvgIpc) is 2.33. The highest BCUT2D eigenvalue weighted by Gasteiger charge is 2.23. The molecule has 12 heavy (non-hydrogen) atoms. The number of hydrogen-bond acceptors (Lipinski definition) is 2. The number of rotatable bonds is 0. The fraction of sp³-hybridized carbons (Fsp3) is 0.125. The van der Waals surface area contributed by atoms with E-state index in [9.17, 15) is 4.79 Å². The van der Waals surface area contributed by atoms with Crippen molar-refractivity contribution in [1.82, 2.24) is 0 Å². The van der Waals surface area contributed by atoms with Crippen molar-refractivity contribution >= 4 is 29.2 Å². The lowest BCUT2D eigenvalue weighted by molar-refractivity contribution is 0.0535. The molecule has 0 radical (unpaired) electrons. The summed E-state index contributed by atoms with van der Waals surface area (Å²) in [4.78, 5) is 11.0. The molecule has 0 fully saturated rings. The molecule has 1 aromatic rings. The number of fused-ring (bicyclic) bond motifs is 1. The molecule has 62 valence electrons. The highest BCUT2D eigenvalue weighted by atomic mass is 35.5. The number of hydrogen-bond donors (Lipinski definition) is 0. The molecule has 1 heterocycles. The van der Waals surface area contributed by atoms with E-state index >= 15 is 0 Å². The molecule has 0 unspecified atom stereocenters. The maximum Gasteiger partial charge on any atom is 0.338 e. The van der Waals surface area contributed by atoms with Gasteiger partial charge in [0.25, 0.3) is 0 Å². The Morgan fingerprint density at radius 2 is 2.08 bits per heavy atom. The first kappa shape index (κ1) is 7.90. The first-order valence-electron chi connectivity index (χ1n) is 3.33. The molecular formula is C8H4Cl2O2. The monoisotopic (exact) mass is 202 g/mol. The van der Waals surface area contributed by atoms with Crippen LogP contribution in [0, 0.1) is 0 Å². The third-order valence-electron chi connectivity index (χ3n) is 1.73. The van der Waals surface area contributed by atoms with E-state index in [1.54, 1.807) is 12.1 Å². The maximum atomic E-state index is 11.0. The van der Waals surface area contributed by atoms with E-state index in [1.807, 2.05) is 0 Å². The molecule has 1 aromatic carbocycles. The Labute approximate surface area is 79.0 Å². The minimum atomic E-state index is -0.352. The molecular weight excluding hydrogens is 199 g/mol. The zero-order valence-corrected chi connectivity index (χ0v) is 7.45. The van der Waals surface area contributed by atoms with Gasteiger partial charge in [-0.2, -0.15) is 0 Å². The molecule has 0 bridgehead atoms. The predicted molar refractivity (Wildman–Crippen MR) is 45.6 cm³/mol. The van der Waals surface area contributed by atoms with Crippen LogP contribution >= 0.6 is 23.2 Å². The first-order chi connectivity index (χ1) is 5.68. The molecule has 0 spiro atoms. The summed E-state index contributed by atoms with van der Waals surface area (Å²) in [6, 6.07) is 3.17. The van der Waals surface area contributed by atoms with E-state index in [0.29, 0.717) is 15.6 Å². The number of benzene rings is 1. The second-order valence-electron chi connectivity index (χ2n) is 2.49. The van der Waals surface area contributed by atoms with Crippen molar-refractivity contribution in [1.29, 1.82) is 0 Å². The molecule has 4 heteroatoms. The topological polar surface area (TPSA) is 26.3 Å². The SMILES string of the molecule is O=C1OCc2c(Cl)cc(Cl)cc21. The van der Waals surface area contributed by atoms with Crippen LogP contribution in [0.15, 0.2) is 12.1 Å². The number of halogens is 2. The lowest BCUT2D eigenvalue weighted by Gasteiger charge is -1.97. The highest BCUT2D eigenvalue weighted by Crippen LogP contribution is 2.30. The van der Waals surface area contributed by atoms with Gasteiger partial charge in [-0.25, -0.2) is 4.79 Å². The Hall–Kier alpha value is -0.730. The number of ether oxygens (including phenoxy) is 1. The van der Waals surface area contributed by atoms with Crippen LogP contribution in [0.3, 0.4) is 0 Å². The summed E-state index contributed by atoms with van der Waals surface area (Å²) in [5, 5.41) is 0.945. The van der Waals surface area contributed by atoms with Gasteiger partial charge in [-0.1, -0.05) is 23.2 Å². The van der Waals surface area contributed by atoms with Gasteiger partial charge in [-0.3, -0.25) is 0 Å². The van der Waals surface area contributed by atoms with Gasteiger partial charge in [0.15, 0.2) is 0 Å². The minimum absolute atomic E-state index is 0.254. The van der Waals surface area contributed by atoms with Crippen LogP contribution in [-0.2, 0) is 11.3 Å². The number of carbonyl (C=O) groups is 1. The third kappa shape index (κ3) is 1.08. The van der Waals surface area contributed by atoms with Crippen molar-refractivity contribution in [2.75, 3.05) is 0 Å². The van der Waals surface area contributed by atoms with Gasteiger partial charge in [0.1, 0.15) is 6.61 Å². The summed E-state index contributed by atoms with van der Waals surface area (Å²) in [6.45, 7) is 0.254. The van der Waals surface area contributed by atoms with Gasteiger partial charge in [0.05, 0.1) is 5.56 Å². The number of esters is 1. The van der Waals surface area contributed by atoms with E-state index in [2.05, 4.69) is 0 Å². The average molecular weight is 203 g/mol. The van der Waals surface area contributed by atoms with Gasteiger partial charge in [0, 0.05) is 15.6 Å². The zero-order valence-electron chi connectivity index (χ0n) is 5.93. The summed E-state index contributed by atoms with van der Waals surface area (Å²) in [5.41, 5.74) is 1.21. The molecule has 1 aliphatic heterocycles. The van der Waals surface area contributed by atoms with Crippen molar-refractivity contribution in [2.45, 2.75) is 6.61 Å². The summed E-state index contributed by atoms with van der Waals surface area (Å²) in [6.07, 6.45) is 0. The summed E-state index contributed by atoms with van der Waals surface area (Å²) >= 11 is 11.5. The Kier molecular flexibility index (Phi) is 1.74. The normalized spacial score (nSPS) is 14.3. The molecule has 0 atom stereocenters. The highest BCUT2D eigenvalue weighted by molar-refractivity contribution is 6.35. The fourth-order valence-corrected chi connectivity index (χ4v) is 1.70. The molecule has 2 nitrogen and oxygen atoms in total. The van der Waals surface area contributed by atoms with Crippen LogP contribution < -0.4 is 0 Å². The van der Waals surface area contributed by atoms with Gasteiger partial charge in [-0.05, 0) is 12.1 Å². The fourth-order valence-electron chi connectivity index (χ4n) is 1.15.